The number of rotatable bonds is 5. The highest BCUT2D eigenvalue weighted by atomic mass is 16.6. The Morgan fingerprint density at radius 1 is 1.29 bits per heavy atom. The largest absolute Gasteiger partial charge is 0.297 e. The molecular formula is C12H19NO. The van der Waals surface area contributed by atoms with E-state index in [0.29, 0.717) is 12.5 Å². The van der Waals surface area contributed by atoms with E-state index in [0.717, 1.165) is 6.54 Å². The molecule has 0 bridgehead atoms. The molecule has 1 aromatic carbocycles. The predicted molar refractivity (Wildman–Crippen MR) is 58.8 cm³/mol. The Kier molecular flexibility index (Phi) is 4.63. The second-order valence-electron chi connectivity index (χ2n) is 3.96. The molecule has 1 aromatic rings. The van der Waals surface area contributed by atoms with Crippen LogP contribution < -0.4 is 5.48 Å². The molecule has 0 spiro atoms. The minimum atomic E-state index is 0.617. The second kappa shape index (κ2) is 5.78. The van der Waals surface area contributed by atoms with E-state index in [2.05, 4.69) is 38.4 Å². The summed E-state index contributed by atoms with van der Waals surface area (Å²) in [6, 6.07) is 8.27. The molecular weight excluding hydrogens is 174 g/mol. The van der Waals surface area contributed by atoms with Crippen molar-refractivity contribution in [3.63, 3.8) is 0 Å². The first-order valence-corrected chi connectivity index (χ1v) is 5.09. The standard InChI is InChI=1S/C12H19NO/c1-10(2)8-13-14-9-12-7-5-4-6-11(12)3/h4-7,10,13H,8-9H2,1-3H3. The maximum atomic E-state index is 5.36. The SMILES string of the molecule is Cc1ccccc1CONCC(C)C. The van der Waals surface area contributed by atoms with Crippen LogP contribution in [-0.4, -0.2) is 6.54 Å². The van der Waals surface area contributed by atoms with E-state index in [1.807, 2.05) is 12.1 Å². The van der Waals surface area contributed by atoms with Gasteiger partial charge in [-0.25, -0.2) is 5.48 Å². The number of hydrogen-bond donors (Lipinski definition) is 1. The fourth-order valence-corrected chi connectivity index (χ4v) is 1.13. The van der Waals surface area contributed by atoms with Gasteiger partial charge in [-0.05, 0) is 24.0 Å². The Hall–Kier alpha value is -0.860. The summed E-state index contributed by atoms with van der Waals surface area (Å²) in [6.45, 7) is 7.95. The monoisotopic (exact) mass is 193 g/mol. The zero-order valence-corrected chi connectivity index (χ0v) is 9.21. The zero-order valence-electron chi connectivity index (χ0n) is 9.21. The Bertz CT molecular complexity index is 271. The van der Waals surface area contributed by atoms with Crippen molar-refractivity contribution in [1.29, 1.82) is 0 Å². The summed E-state index contributed by atoms with van der Waals surface area (Å²) in [5.74, 6) is 0.617. The highest BCUT2D eigenvalue weighted by Gasteiger charge is 1.97. The summed E-state index contributed by atoms with van der Waals surface area (Å²) < 4.78 is 0. The van der Waals surface area contributed by atoms with Crippen molar-refractivity contribution in [3.8, 4) is 0 Å². The number of hydroxylamine groups is 1. The molecule has 78 valence electrons. The van der Waals surface area contributed by atoms with Gasteiger partial charge in [0.1, 0.15) is 0 Å². The van der Waals surface area contributed by atoms with Crippen LogP contribution in [0, 0.1) is 12.8 Å². The third-order valence-electron chi connectivity index (χ3n) is 2.08. The molecule has 0 aromatic heterocycles. The van der Waals surface area contributed by atoms with Crippen LogP contribution in [0.4, 0.5) is 0 Å². The van der Waals surface area contributed by atoms with Gasteiger partial charge in [-0.1, -0.05) is 38.1 Å². The Labute approximate surface area is 86.2 Å². The molecule has 0 aliphatic carbocycles. The summed E-state index contributed by atoms with van der Waals surface area (Å²) in [7, 11) is 0. The minimum absolute atomic E-state index is 0.617. The van der Waals surface area contributed by atoms with Gasteiger partial charge in [0.2, 0.25) is 0 Å². The fourth-order valence-electron chi connectivity index (χ4n) is 1.13. The van der Waals surface area contributed by atoms with E-state index < -0.39 is 0 Å². The average molecular weight is 193 g/mol. The lowest BCUT2D eigenvalue weighted by Gasteiger charge is -2.09. The van der Waals surface area contributed by atoms with Gasteiger partial charge in [0, 0.05) is 6.54 Å². The van der Waals surface area contributed by atoms with Gasteiger partial charge in [-0.3, -0.25) is 4.84 Å². The third-order valence-corrected chi connectivity index (χ3v) is 2.08. The molecule has 2 nitrogen and oxygen atoms in total. The average Bonchev–Trinajstić information content (AvgIpc) is 2.15. The molecule has 0 radical (unpaired) electrons. The van der Waals surface area contributed by atoms with Gasteiger partial charge < -0.3 is 0 Å². The predicted octanol–water partition coefficient (Wildman–Crippen LogP) is 2.67. The molecule has 0 atom stereocenters. The maximum absolute atomic E-state index is 5.36. The number of hydrogen-bond acceptors (Lipinski definition) is 2. The smallest absolute Gasteiger partial charge is 0.0935 e. The van der Waals surface area contributed by atoms with Gasteiger partial charge >= 0.3 is 0 Å². The molecule has 0 saturated carbocycles. The minimum Gasteiger partial charge on any atom is -0.297 e. The number of benzene rings is 1. The number of aryl methyl sites for hydroxylation is 1. The van der Waals surface area contributed by atoms with Crippen LogP contribution >= 0.6 is 0 Å². The topological polar surface area (TPSA) is 21.3 Å². The molecule has 0 saturated heterocycles. The highest BCUT2D eigenvalue weighted by Crippen LogP contribution is 2.07. The van der Waals surface area contributed by atoms with E-state index >= 15 is 0 Å². The summed E-state index contributed by atoms with van der Waals surface area (Å²) in [5.41, 5.74) is 5.48. The normalized spacial score (nSPS) is 10.9. The van der Waals surface area contributed by atoms with E-state index in [1.54, 1.807) is 0 Å². The molecule has 0 aliphatic heterocycles. The quantitative estimate of drug-likeness (QED) is 0.573. The van der Waals surface area contributed by atoms with Crippen LogP contribution in [0.25, 0.3) is 0 Å². The van der Waals surface area contributed by atoms with Gasteiger partial charge in [-0.2, -0.15) is 0 Å². The highest BCUT2D eigenvalue weighted by molar-refractivity contribution is 5.24. The van der Waals surface area contributed by atoms with E-state index in [4.69, 9.17) is 4.84 Å². The fraction of sp³-hybridized carbons (Fsp3) is 0.500. The van der Waals surface area contributed by atoms with Crippen LogP contribution in [0.15, 0.2) is 24.3 Å². The Balaban J connectivity index is 2.28. The summed E-state index contributed by atoms with van der Waals surface area (Å²) in [4.78, 5) is 5.36. The Morgan fingerprint density at radius 2 is 2.00 bits per heavy atom. The third kappa shape index (κ3) is 3.90. The lowest BCUT2D eigenvalue weighted by atomic mass is 10.1. The molecule has 0 aliphatic rings. The van der Waals surface area contributed by atoms with Crippen LogP contribution in [0.2, 0.25) is 0 Å². The van der Waals surface area contributed by atoms with Crippen molar-refractivity contribution < 1.29 is 4.84 Å². The summed E-state index contributed by atoms with van der Waals surface area (Å²) >= 11 is 0. The zero-order chi connectivity index (χ0) is 10.4. The first-order chi connectivity index (χ1) is 6.70. The molecule has 0 amide bonds. The van der Waals surface area contributed by atoms with E-state index in [9.17, 15) is 0 Å². The van der Waals surface area contributed by atoms with Crippen LogP contribution in [0.1, 0.15) is 25.0 Å². The maximum Gasteiger partial charge on any atom is 0.0935 e. The van der Waals surface area contributed by atoms with Gasteiger partial charge in [0.15, 0.2) is 0 Å². The van der Waals surface area contributed by atoms with Crippen molar-refractivity contribution >= 4 is 0 Å². The van der Waals surface area contributed by atoms with Gasteiger partial charge in [0.05, 0.1) is 6.61 Å². The molecule has 1 N–H and O–H groups in total. The van der Waals surface area contributed by atoms with Gasteiger partial charge in [0.25, 0.3) is 0 Å². The molecule has 0 unspecified atom stereocenters. The van der Waals surface area contributed by atoms with Crippen LogP contribution in [-0.2, 0) is 11.4 Å². The molecule has 0 heterocycles. The van der Waals surface area contributed by atoms with Crippen molar-refractivity contribution in [1.82, 2.24) is 5.48 Å². The molecule has 14 heavy (non-hydrogen) atoms. The van der Waals surface area contributed by atoms with Crippen LogP contribution in [0.5, 0.6) is 0 Å². The first kappa shape index (κ1) is 11.2. The number of nitrogens with one attached hydrogen (secondary N) is 1. The lowest BCUT2D eigenvalue weighted by Crippen LogP contribution is -2.19. The van der Waals surface area contributed by atoms with Crippen LogP contribution in [0.3, 0.4) is 0 Å². The molecule has 2 heteroatoms. The summed E-state index contributed by atoms with van der Waals surface area (Å²) in [5, 5.41) is 0. The molecule has 1 rings (SSSR count). The van der Waals surface area contributed by atoms with Gasteiger partial charge in [-0.15, -0.1) is 0 Å². The summed E-state index contributed by atoms with van der Waals surface area (Å²) in [6.07, 6.45) is 0. The van der Waals surface area contributed by atoms with Crippen molar-refractivity contribution in [2.45, 2.75) is 27.4 Å². The lowest BCUT2D eigenvalue weighted by molar-refractivity contribution is 0.0218. The van der Waals surface area contributed by atoms with Crippen molar-refractivity contribution in [2.24, 2.45) is 5.92 Å². The van der Waals surface area contributed by atoms with Crippen molar-refractivity contribution in [2.75, 3.05) is 6.54 Å². The van der Waals surface area contributed by atoms with E-state index in [-0.39, 0.29) is 0 Å². The molecule has 0 fully saturated rings. The second-order valence-corrected chi connectivity index (χ2v) is 3.96. The van der Waals surface area contributed by atoms with E-state index in [1.165, 1.54) is 11.1 Å². The van der Waals surface area contributed by atoms with Crippen molar-refractivity contribution in [3.05, 3.63) is 35.4 Å². The first-order valence-electron chi connectivity index (χ1n) is 5.09. The Morgan fingerprint density at radius 3 is 2.64 bits per heavy atom.